The van der Waals surface area contributed by atoms with Crippen LogP contribution in [0.1, 0.15) is 36.4 Å². The number of hydrogen-bond acceptors (Lipinski definition) is 3. The van der Waals surface area contributed by atoms with Gasteiger partial charge in [-0.05, 0) is 43.2 Å². The summed E-state index contributed by atoms with van der Waals surface area (Å²) in [5.74, 6) is 0.812. The van der Waals surface area contributed by atoms with E-state index < -0.39 is 6.43 Å². The number of pyridine rings is 1. The first-order valence-electron chi connectivity index (χ1n) is 9.58. The lowest BCUT2D eigenvalue weighted by molar-refractivity contribution is 0.153. The first-order valence-corrected chi connectivity index (χ1v) is 9.58. The summed E-state index contributed by atoms with van der Waals surface area (Å²) in [5, 5.41) is 5.21. The van der Waals surface area contributed by atoms with Crippen LogP contribution in [0.15, 0.2) is 60.7 Å². The Balaban J connectivity index is 1.84. The van der Waals surface area contributed by atoms with Gasteiger partial charge in [-0.3, -0.25) is 0 Å². The van der Waals surface area contributed by atoms with Crippen LogP contribution in [0.2, 0.25) is 0 Å². The molecular formula is C23H19F2N3O. The fourth-order valence-corrected chi connectivity index (χ4v) is 3.73. The molecule has 0 N–H and O–H groups in total. The highest BCUT2D eigenvalue weighted by molar-refractivity contribution is 5.88. The zero-order valence-electron chi connectivity index (χ0n) is 15.8. The molecule has 0 aliphatic heterocycles. The number of aromatic nitrogens is 3. The molecule has 2 heterocycles. The molecule has 0 bridgehead atoms. The van der Waals surface area contributed by atoms with E-state index in [1.807, 2.05) is 48.5 Å². The van der Waals surface area contributed by atoms with Crippen molar-refractivity contribution in [1.29, 1.82) is 0 Å². The van der Waals surface area contributed by atoms with Crippen molar-refractivity contribution in [2.45, 2.75) is 25.2 Å². The molecule has 0 unspecified atom stereocenters. The molecule has 6 heteroatoms. The second kappa shape index (κ2) is 6.95. The zero-order valence-corrected chi connectivity index (χ0v) is 15.8. The maximum atomic E-state index is 14.2. The first kappa shape index (κ1) is 17.8. The smallest absolute Gasteiger partial charge is 0.264 e. The molecule has 1 aliphatic rings. The van der Waals surface area contributed by atoms with Crippen molar-refractivity contribution in [3.05, 3.63) is 71.9 Å². The Morgan fingerprint density at radius 1 is 1.03 bits per heavy atom. The van der Waals surface area contributed by atoms with E-state index in [2.05, 4.69) is 0 Å². The third kappa shape index (κ3) is 3.05. The van der Waals surface area contributed by atoms with Crippen molar-refractivity contribution in [1.82, 2.24) is 14.8 Å². The van der Waals surface area contributed by atoms with Gasteiger partial charge < -0.3 is 4.74 Å². The van der Waals surface area contributed by atoms with E-state index in [1.165, 1.54) is 6.07 Å². The minimum Gasteiger partial charge on any atom is -0.496 e. The van der Waals surface area contributed by atoms with Crippen LogP contribution < -0.4 is 4.74 Å². The molecule has 29 heavy (non-hydrogen) atoms. The quantitative estimate of drug-likeness (QED) is 0.424. The fourth-order valence-electron chi connectivity index (χ4n) is 3.73. The summed E-state index contributed by atoms with van der Waals surface area (Å²) < 4.78 is 35.4. The van der Waals surface area contributed by atoms with Gasteiger partial charge in [-0.2, -0.15) is 5.10 Å². The third-order valence-corrected chi connectivity index (χ3v) is 5.28. The molecule has 4 aromatic rings. The number of para-hydroxylation sites is 2. The minimum absolute atomic E-state index is 0.0278. The number of fused-ring (bicyclic) bond motifs is 1. The lowest BCUT2D eigenvalue weighted by Gasteiger charge is -2.11. The summed E-state index contributed by atoms with van der Waals surface area (Å²) in [6.07, 6.45) is -0.685. The van der Waals surface area contributed by atoms with Crippen molar-refractivity contribution in [3.8, 4) is 22.7 Å². The van der Waals surface area contributed by atoms with E-state index in [-0.39, 0.29) is 11.5 Å². The molecule has 1 fully saturated rings. The van der Waals surface area contributed by atoms with Gasteiger partial charge in [0.15, 0.2) is 5.65 Å². The number of alkyl halides is 2. The predicted molar refractivity (Wildman–Crippen MR) is 108 cm³/mol. The maximum absolute atomic E-state index is 14.2. The molecule has 0 amide bonds. The lowest BCUT2D eigenvalue weighted by atomic mass is 10.0. The summed E-state index contributed by atoms with van der Waals surface area (Å²) in [5.41, 5.74) is 3.07. The topological polar surface area (TPSA) is 39.9 Å². The number of halogens is 2. The van der Waals surface area contributed by atoms with Crippen LogP contribution in [0.4, 0.5) is 8.78 Å². The summed E-state index contributed by atoms with van der Waals surface area (Å²) in [7, 11) is 1.56. The van der Waals surface area contributed by atoms with E-state index >= 15 is 0 Å². The monoisotopic (exact) mass is 391 g/mol. The number of rotatable bonds is 5. The van der Waals surface area contributed by atoms with Gasteiger partial charge in [-0.15, -0.1) is 0 Å². The SMILES string of the molecule is COc1ccccc1-c1cc(C(F)F)c2c(C3CC3)nn(-c3ccccc3)c2n1. The Labute approximate surface area is 166 Å². The highest BCUT2D eigenvalue weighted by Gasteiger charge is 2.33. The Morgan fingerprint density at radius 2 is 1.76 bits per heavy atom. The van der Waals surface area contributed by atoms with Crippen LogP contribution in [0.3, 0.4) is 0 Å². The van der Waals surface area contributed by atoms with Gasteiger partial charge in [0.05, 0.1) is 29.6 Å². The lowest BCUT2D eigenvalue weighted by Crippen LogP contribution is -2.00. The summed E-state index contributed by atoms with van der Waals surface area (Å²) in [6, 6.07) is 18.3. The van der Waals surface area contributed by atoms with Crippen molar-refractivity contribution in [2.75, 3.05) is 7.11 Å². The van der Waals surface area contributed by atoms with Gasteiger partial charge in [-0.1, -0.05) is 30.3 Å². The van der Waals surface area contributed by atoms with Crippen molar-refractivity contribution >= 4 is 11.0 Å². The standard InChI is InChI=1S/C23H19F2N3O/c1-29-19-10-6-5-9-16(19)18-13-17(22(24)25)20-21(14-11-12-14)27-28(23(20)26-18)15-7-3-2-4-8-15/h2-10,13-14,22H,11-12H2,1H3. The van der Waals surface area contributed by atoms with Gasteiger partial charge in [0, 0.05) is 17.0 Å². The van der Waals surface area contributed by atoms with Crippen LogP contribution in [-0.2, 0) is 0 Å². The van der Waals surface area contributed by atoms with E-state index in [9.17, 15) is 8.78 Å². The van der Waals surface area contributed by atoms with Gasteiger partial charge in [0.2, 0.25) is 0 Å². The molecule has 0 radical (unpaired) electrons. The molecule has 1 aliphatic carbocycles. The van der Waals surface area contributed by atoms with Gasteiger partial charge in [0.1, 0.15) is 5.75 Å². The molecule has 146 valence electrons. The van der Waals surface area contributed by atoms with Crippen LogP contribution in [0, 0.1) is 0 Å². The number of benzene rings is 2. The van der Waals surface area contributed by atoms with Crippen LogP contribution in [-0.4, -0.2) is 21.9 Å². The van der Waals surface area contributed by atoms with Crippen LogP contribution >= 0.6 is 0 Å². The largest absolute Gasteiger partial charge is 0.496 e. The average molecular weight is 391 g/mol. The summed E-state index contributed by atoms with van der Waals surface area (Å²) >= 11 is 0. The first-order chi connectivity index (χ1) is 14.2. The predicted octanol–water partition coefficient (Wildman–Crippen LogP) is 5.91. The van der Waals surface area contributed by atoms with Gasteiger partial charge in [0.25, 0.3) is 6.43 Å². The fraction of sp³-hybridized carbons (Fsp3) is 0.217. The average Bonchev–Trinajstić information content (AvgIpc) is 3.53. The Hall–Kier alpha value is -3.28. The molecule has 2 aromatic carbocycles. The Bertz CT molecular complexity index is 1180. The third-order valence-electron chi connectivity index (χ3n) is 5.28. The second-order valence-electron chi connectivity index (χ2n) is 7.20. The van der Waals surface area contributed by atoms with Gasteiger partial charge in [-0.25, -0.2) is 18.4 Å². The normalized spacial score (nSPS) is 13.9. The van der Waals surface area contributed by atoms with E-state index in [4.69, 9.17) is 14.8 Å². The van der Waals surface area contributed by atoms with E-state index in [0.29, 0.717) is 28.0 Å². The van der Waals surface area contributed by atoms with Crippen molar-refractivity contribution in [2.24, 2.45) is 0 Å². The Morgan fingerprint density at radius 3 is 2.45 bits per heavy atom. The minimum atomic E-state index is -2.63. The number of hydrogen-bond donors (Lipinski definition) is 0. The Kier molecular flexibility index (Phi) is 4.27. The van der Waals surface area contributed by atoms with Crippen LogP contribution in [0.5, 0.6) is 5.75 Å². The second-order valence-corrected chi connectivity index (χ2v) is 7.20. The maximum Gasteiger partial charge on any atom is 0.264 e. The van der Waals surface area contributed by atoms with E-state index in [0.717, 1.165) is 24.2 Å². The molecule has 4 nitrogen and oxygen atoms in total. The number of methoxy groups -OCH3 is 1. The number of ether oxygens (including phenoxy) is 1. The number of nitrogens with zero attached hydrogens (tertiary/aromatic N) is 3. The van der Waals surface area contributed by atoms with E-state index in [1.54, 1.807) is 17.9 Å². The molecule has 0 saturated heterocycles. The highest BCUT2D eigenvalue weighted by Crippen LogP contribution is 2.45. The molecule has 0 spiro atoms. The zero-order chi connectivity index (χ0) is 20.0. The van der Waals surface area contributed by atoms with Gasteiger partial charge >= 0.3 is 0 Å². The highest BCUT2D eigenvalue weighted by atomic mass is 19.3. The molecule has 5 rings (SSSR count). The summed E-state index contributed by atoms with van der Waals surface area (Å²) in [4.78, 5) is 4.79. The molecule has 2 aromatic heterocycles. The summed E-state index contributed by atoms with van der Waals surface area (Å²) in [6.45, 7) is 0. The molecule has 0 atom stereocenters. The molecule has 1 saturated carbocycles. The van der Waals surface area contributed by atoms with Crippen LogP contribution in [0.25, 0.3) is 28.0 Å². The van der Waals surface area contributed by atoms with Crippen molar-refractivity contribution in [3.63, 3.8) is 0 Å². The molecular weight excluding hydrogens is 372 g/mol. The van der Waals surface area contributed by atoms with Crippen molar-refractivity contribution < 1.29 is 13.5 Å².